The lowest BCUT2D eigenvalue weighted by Crippen LogP contribution is -2.33. The smallest absolute Gasteiger partial charge is 0.227 e. The van der Waals surface area contributed by atoms with E-state index in [-0.39, 0.29) is 6.04 Å². The minimum atomic E-state index is 0.191. The number of anilines is 1. The predicted octanol–water partition coefficient (Wildman–Crippen LogP) is 1.79. The summed E-state index contributed by atoms with van der Waals surface area (Å²) in [6, 6.07) is 5.96. The van der Waals surface area contributed by atoms with Crippen molar-refractivity contribution >= 4 is 5.95 Å². The second-order valence-corrected chi connectivity index (χ2v) is 4.00. The molecule has 0 aromatic carbocycles. The quantitative estimate of drug-likeness (QED) is 0.786. The molecule has 0 spiro atoms. The van der Waals surface area contributed by atoms with Gasteiger partial charge in [-0.15, -0.1) is 0 Å². The summed E-state index contributed by atoms with van der Waals surface area (Å²) in [6.45, 7) is 6.42. The van der Waals surface area contributed by atoms with Gasteiger partial charge in [-0.05, 0) is 26.8 Å². The molecule has 5 heteroatoms. The lowest BCUT2D eigenvalue weighted by molar-refractivity contribution is 0.663. The second kappa shape index (κ2) is 5.81. The van der Waals surface area contributed by atoms with Crippen LogP contribution in [0.2, 0.25) is 0 Å². The fourth-order valence-electron chi connectivity index (χ4n) is 1.50. The lowest BCUT2D eigenvalue weighted by Gasteiger charge is -2.25. The summed E-state index contributed by atoms with van der Waals surface area (Å²) in [4.78, 5) is 10.4. The first kappa shape index (κ1) is 12.9. The summed E-state index contributed by atoms with van der Waals surface area (Å²) >= 11 is 0. The van der Waals surface area contributed by atoms with E-state index in [2.05, 4.69) is 16.0 Å². The molecule has 17 heavy (non-hydrogen) atoms. The van der Waals surface area contributed by atoms with E-state index < -0.39 is 0 Å². The summed E-state index contributed by atoms with van der Waals surface area (Å²) in [7, 11) is 0. The summed E-state index contributed by atoms with van der Waals surface area (Å²) in [5.74, 6) is 0.520. The molecule has 0 saturated heterocycles. The van der Waals surface area contributed by atoms with Crippen molar-refractivity contribution in [2.75, 3.05) is 11.4 Å². The molecule has 1 aromatic rings. The Kier molecular flexibility index (Phi) is 4.42. The number of hydrogen-bond acceptors (Lipinski definition) is 5. The molecule has 1 aromatic heterocycles. The highest BCUT2D eigenvalue weighted by Gasteiger charge is 2.14. The molecule has 0 unspecified atom stereocenters. The van der Waals surface area contributed by atoms with Crippen LogP contribution in [0, 0.1) is 29.6 Å². The van der Waals surface area contributed by atoms with Crippen LogP contribution in [0.1, 0.15) is 31.7 Å². The third-order valence-electron chi connectivity index (χ3n) is 2.30. The van der Waals surface area contributed by atoms with E-state index in [4.69, 9.17) is 10.5 Å². The Hall–Kier alpha value is -2.14. The number of rotatable bonds is 4. The highest BCUT2D eigenvalue weighted by Crippen LogP contribution is 2.13. The summed E-state index contributed by atoms with van der Waals surface area (Å²) < 4.78 is 0. The van der Waals surface area contributed by atoms with Crippen molar-refractivity contribution in [3.05, 3.63) is 17.5 Å². The van der Waals surface area contributed by atoms with Crippen LogP contribution in [0.15, 0.2) is 6.07 Å². The van der Waals surface area contributed by atoms with Crippen LogP contribution in [0.25, 0.3) is 0 Å². The normalized spacial score (nSPS) is 9.76. The van der Waals surface area contributed by atoms with Crippen molar-refractivity contribution < 1.29 is 0 Å². The molecule has 1 heterocycles. The van der Waals surface area contributed by atoms with Gasteiger partial charge in [0.15, 0.2) is 0 Å². The molecule has 0 amide bonds. The van der Waals surface area contributed by atoms with Crippen LogP contribution in [-0.4, -0.2) is 22.6 Å². The molecular weight excluding hydrogens is 214 g/mol. The molecule has 0 aliphatic heterocycles. The minimum Gasteiger partial charge on any atom is -0.337 e. The fraction of sp³-hybridized carbons (Fsp3) is 0.500. The molecule has 0 fully saturated rings. The first-order valence-electron chi connectivity index (χ1n) is 5.48. The molecule has 0 aliphatic carbocycles. The van der Waals surface area contributed by atoms with Gasteiger partial charge in [0.2, 0.25) is 5.95 Å². The summed E-state index contributed by atoms with van der Waals surface area (Å²) in [5, 5.41) is 17.5. The lowest BCUT2D eigenvalue weighted by atomic mass is 10.3. The highest BCUT2D eigenvalue weighted by molar-refractivity contribution is 5.36. The Balaban J connectivity index is 3.06. The maximum absolute atomic E-state index is 8.87. The third kappa shape index (κ3) is 3.42. The van der Waals surface area contributed by atoms with Gasteiger partial charge in [-0.3, -0.25) is 0 Å². The number of nitriles is 2. The van der Waals surface area contributed by atoms with Crippen LogP contribution in [0.5, 0.6) is 0 Å². The fourth-order valence-corrected chi connectivity index (χ4v) is 1.50. The molecular formula is C12H15N5. The van der Waals surface area contributed by atoms with Gasteiger partial charge in [-0.2, -0.15) is 10.5 Å². The van der Waals surface area contributed by atoms with Gasteiger partial charge >= 0.3 is 0 Å². The van der Waals surface area contributed by atoms with E-state index in [9.17, 15) is 0 Å². The number of nitrogens with zero attached hydrogens (tertiary/aromatic N) is 5. The van der Waals surface area contributed by atoms with Crippen LogP contribution < -0.4 is 4.90 Å². The van der Waals surface area contributed by atoms with Gasteiger partial charge in [-0.25, -0.2) is 9.97 Å². The monoisotopic (exact) mass is 229 g/mol. The first-order chi connectivity index (χ1) is 8.08. The Labute approximate surface area is 101 Å². The Morgan fingerprint density at radius 2 is 2.06 bits per heavy atom. The third-order valence-corrected chi connectivity index (χ3v) is 2.30. The van der Waals surface area contributed by atoms with Gasteiger partial charge < -0.3 is 4.90 Å². The van der Waals surface area contributed by atoms with E-state index in [1.54, 1.807) is 6.07 Å². The SMILES string of the molecule is Cc1cc(C#N)nc(N(CCC#N)C(C)C)n1. The van der Waals surface area contributed by atoms with Gasteiger partial charge in [0.25, 0.3) is 0 Å². The molecule has 0 atom stereocenters. The maximum Gasteiger partial charge on any atom is 0.227 e. The Morgan fingerprint density at radius 1 is 1.35 bits per heavy atom. The van der Waals surface area contributed by atoms with Gasteiger partial charge in [0, 0.05) is 18.3 Å². The maximum atomic E-state index is 8.87. The van der Waals surface area contributed by atoms with E-state index in [1.165, 1.54) is 0 Å². The Bertz CT molecular complexity index is 467. The molecule has 0 aliphatic rings. The number of aryl methyl sites for hydroxylation is 1. The van der Waals surface area contributed by atoms with Crippen molar-refractivity contribution in [2.24, 2.45) is 0 Å². The van der Waals surface area contributed by atoms with Crippen molar-refractivity contribution in [3.8, 4) is 12.1 Å². The number of hydrogen-bond donors (Lipinski definition) is 0. The average molecular weight is 229 g/mol. The molecule has 5 nitrogen and oxygen atoms in total. The Morgan fingerprint density at radius 3 is 2.59 bits per heavy atom. The molecule has 0 saturated carbocycles. The van der Waals surface area contributed by atoms with Crippen molar-refractivity contribution in [2.45, 2.75) is 33.2 Å². The van der Waals surface area contributed by atoms with Gasteiger partial charge in [-0.1, -0.05) is 0 Å². The predicted molar refractivity (Wildman–Crippen MR) is 64.2 cm³/mol. The average Bonchev–Trinajstić information content (AvgIpc) is 2.28. The minimum absolute atomic E-state index is 0.191. The second-order valence-electron chi connectivity index (χ2n) is 4.00. The molecule has 0 N–H and O–H groups in total. The molecule has 1 rings (SSSR count). The van der Waals surface area contributed by atoms with Crippen LogP contribution in [0.3, 0.4) is 0 Å². The zero-order valence-corrected chi connectivity index (χ0v) is 10.3. The van der Waals surface area contributed by atoms with E-state index in [0.29, 0.717) is 24.6 Å². The van der Waals surface area contributed by atoms with E-state index >= 15 is 0 Å². The zero-order chi connectivity index (χ0) is 12.8. The zero-order valence-electron chi connectivity index (χ0n) is 10.3. The van der Waals surface area contributed by atoms with Crippen molar-refractivity contribution in [3.63, 3.8) is 0 Å². The van der Waals surface area contributed by atoms with Crippen molar-refractivity contribution in [1.29, 1.82) is 10.5 Å². The largest absolute Gasteiger partial charge is 0.337 e. The summed E-state index contributed by atoms with van der Waals surface area (Å²) in [5.41, 5.74) is 1.12. The highest BCUT2D eigenvalue weighted by atomic mass is 15.3. The molecule has 0 bridgehead atoms. The van der Waals surface area contributed by atoms with Gasteiger partial charge in [0.1, 0.15) is 11.8 Å². The first-order valence-corrected chi connectivity index (χ1v) is 5.48. The standard InChI is InChI=1S/C12H15N5/c1-9(2)17(6-4-5-13)12-15-10(3)7-11(8-14)16-12/h7,9H,4,6H2,1-3H3. The van der Waals surface area contributed by atoms with Gasteiger partial charge in [0.05, 0.1) is 12.5 Å². The van der Waals surface area contributed by atoms with Crippen LogP contribution in [-0.2, 0) is 0 Å². The topological polar surface area (TPSA) is 76.6 Å². The van der Waals surface area contributed by atoms with E-state index in [1.807, 2.05) is 31.7 Å². The van der Waals surface area contributed by atoms with E-state index in [0.717, 1.165) is 5.69 Å². The number of aromatic nitrogens is 2. The molecule has 0 radical (unpaired) electrons. The molecule has 88 valence electrons. The van der Waals surface area contributed by atoms with Crippen LogP contribution in [0.4, 0.5) is 5.95 Å². The summed E-state index contributed by atoms with van der Waals surface area (Å²) in [6.07, 6.45) is 0.414. The van der Waals surface area contributed by atoms with Crippen LogP contribution >= 0.6 is 0 Å². The van der Waals surface area contributed by atoms with Crippen molar-refractivity contribution in [1.82, 2.24) is 9.97 Å².